The fourth-order valence-corrected chi connectivity index (χ4v) is 1.42. The van der Waals surface area contributed by atoms with Crippen LogP contribution >= 0.6 is 0 Å². The number of benzene rings is 1. The molecule has 0 radical (unpaired) electrons. The molecule has 1 amide bonds. The number of amides is 1. The summed E-state index contributed by atoms with van der Waals surface area (Å²) in [5.74, 6) is -0.540. The van der Waals surface area contributed by atoms with Crippen LogP contribution in [0.5, 0.6) is 0 Å². The molecule has 1 aromatic carbocycles. The Kier molecular flexibility index (Phi) is 2.29. The third kappa shape index (κ3) is 1.76. The zero-order valence-corrected chi connectivity index (χ0v) is 8.16. The lowest BCUT2D eigenvalue weighted by molar-refractivity contribution is -0.114. The van der Waals surface area contributed by atoms with Crippen molar-refractivity contribution in [1.29, 1.82) is 0 Å². The van der Waals surface area contributed by atoms with E-state index in [9.17, 15) is 9.59 Å². The van der Waals surface area contributed by atoms with Crippen LogP contribution in [0.15, 0.2) is 18.2 Å². The Morgan fingerprint density at radius 3 is 2.93 bits per heavy atom. The largest absolute Gasteiger partial charge is 0.465 e. The molecule has 0 bridgehead atoms. The lowest BCUT2D eigenvalue weighted by Gasteiger charge is -2.18. The number of carbonyl (C=O) groups is 2. The summed E-state index contributed by atoms with van der Waals surface area (Å²) in [7, 11) is 1.32. The van der Waals surface area contributed by atoms with Crippen molar-refractivity contribution >= 4 is 23.3 Å². The number of ether oxygens (including phenoxy) is 1. The Bertz CT molecular complexity index is 429. The Morgan fingerprint density at radius 2 is 2.20 bits per heavy atom. The van der Waals surface area contributed by atoms with E-state index in [1.165, 1.54) is 7.11 Å². The second kappa shape index (κ2) is 3.61. The number of hydrogen-bond donors (Lipinski definition) is 2. The third-order valence-electron chi connectivity index (χ3n) is 2.15. The number of esters is 1. The zero-order valence-electron chi connectivity index (χ0n) is 8.16. The Labute approximate surface area is 86.4 Å². The van der Waals surface area contributed by atoms with Gasteiger partial charge in [0, 0.05) is 0 Å². The van der Waals surface area contributed by atoms with Gasteiger partial charge in [0.15, 0.2) is 0 Å². The summed E-state index contributed by atoms with van der Waals surface area (Å²) < 4.78 is 4.58. The van der Waals surface area contributed by atoms with Crippen molar-refractivity contribution in [3.63, 3.8) is 0 Å². The summed E-state index contributed by atoms with van der Waals surface area (Å²) in [5, 5.41) is 5.60. The standard InChI is InChI=1S/C10H10N2O3/c1-15-10(14)6-2-3-7-8(4-6)12-9(13)5-11-7/h2-4,11H,5H2,1H3,(H,12,13). The third-order valence-corrected chi connectivity index (χ3v) is 2.15. The number of hydrogen-bond acceptors (Lipinski definition) is 4. The molecule has 0 aromatic heterocycles. The Morgan fingerprint density at radius 1 is 1.40 bits per heavy atom. The average molecular weight is 206 g/mol. The number of fused-ring (bicyclic) bond motifs is 1. The molecule has 5 heteroatoms. The molecule has 1 aliphatic rings. The Balaban J connectivity index is 2.36. The molecule has 0 atom stereocenters. The van der Waals surface area contributed by atoms with E-state index in [0.717, 1.165) is 5.69 Å². The van der Waals surface area contributed by atoms with Crippen LogP contribution in [0.25, 0.3) is 0 Å². The summed E-state index contributed by atoms with van der Waals surface area (Å²) in [6, 6.07) is 4.97. The van der Waals surface area contributed by atoms with Crippen LogP contribution in [0, 0.1) is 0 Å². The second-order valence-electron chi connectivity index (χ2n) is 3.15. The van der Waals surface area contributed by atoms with Gasteiger partial charge in [0.1, 0.15) is 0 Å². The maximum atomic E-state index is 11.2. The summed E-state index contributed by atoms with van der Waals surface area (Å²) in [4.78, 5) is 22.3. The molecular weight excluding hydrogens is 196 g/mol. The first kappa shape index (κ1) is 9.51. The molecule has 1 aromatic rings. The van der Waals surface area contributed by atoms with Gasteiger partial charge in [-0.1, -0.05) is 0 Å². The van der Waals surface area contributed by atoms with Crippen molar-refractivity contribution in [2.24, 2.45) is 0 Å². The lowest BCUT2D eigenvalue weighted by Crippen LogP contribution is -2.27. The van der Waals surface area contributed by atoms with Gasteiger partial charge in [-0.05, 0) is 18.2 Å². The minimum absolute atomic E-state index is 0.121. The highest BCUT2D eigenvalue weighted by Gasteiger charge is 2.15. The zero-order chi connectivity index (χ0) is 10.8. The number of rotatable bonds is 1. The number of nitrogens with one attached hydrogen (secondary N) is 2. The molecule has 2 N–H and O–H groups in total. The smallest absolute Gasteiger partial charge is 0.337 e. The fraction of sp³-hybridized carbons (Fsp3) is 0.200. The van der Waals surface area contributed by atoms with Crippen LogP contribution in [-0.2, 0) is 9.53 Å². The lowest BCUT2D eigenvalue weighted by atomic mass is 10.1. The molecule has 0 unspecified atom stereocenters. The second-order valence-corrected chi connectivity index (χ2v) is 3.15. The van der Waals surface area contributed by atoms with Gasteiger partial charge in [-0.25, -0.2) is 4.79 Å². The molecule has 0 spiro atoms. The van der Waals surface area contributed by atoms with E-state index in [1.807, 2.05) is 0 Å². The molecule has 1 aliphatic heterocycles. The van der Waals surface area contributed by atoms with Crippen LogP contribution in [0.2, 0.25) is 0 Å². The van der Waals surface area contributed by atoms with Crippen LogP contribution < -0.4 is 10.6 Å². The molecule has 2 rings (SSSR count). The van der Waals surface area contributed by atoms with Crippen molar-refractivity contribution in [2.45, 2.75) is 0 Å². The van der Waals surface area contributed by atoms with Crippen molar-refractivity contribution in [3.05, 3.63) is 23.8 Å². The van der Waals surface area contributed by atoms with Crippen molar-refractivity contribution in [1.82, 2.24) is 0 Å². The molecule has 0 saturated carbocycles. The SMILES string of the molecule is COC(=O)c1ccc2c(c1)NC(=O)CN2. The highest BCUT2D eigenvalue weighted by Crippen LogP contribution is 2.25. The van der Waals surface area contributed by atoms with Gasteiger partial charge in [0.25, 0.3) is 0 Å². The van der Waals surface area contributed by atoms with Gasteiger partial charge in [-0.2, -0.15) is 0 Å². The fourth-order valence-electron chi connectivity index (χ4n) is 1.42. The molecule has 78 valence electrons. The predicted octanol–water partition coefficient (Wildman–Crippen LogP) is 0.837. The van der Waals surface area contributed by atoms with Crippen molar-refractivity contribution in [3.8, 4) is 0 Å². The summed E-state index contributed by atoms with van der Waals surface area (Å²) in [6.45, 7) is 0.255. The molecule has 1 heterocycles. The van der Waals surface area contributed by atoms with Gasteiger partial charge >= 0.3 is 5.97 Å². The number of methoxy groups -OCH3 is 1. The van der Waals surface area contributed by atoms with Gasteiger partial charge in [-0.3, -0.25) is 4.79 Å². The summed E-state index contributed by atoms with van der Waals surface area (Å²) in [6.07, 6.45) is 0. The predicted molar refractivity (Wildman–Crippen MR) is 54.9 cm³/mol. The average Bonchev–Trinajstić information content (AvgIpc) is 2.27. The van der Waals surface area contributed by atoms with Gasteiger partial charge in [0.05, 0.1) is 30.6 Å². The molecule has 0 fully saturated rings. The van der Waals surface area contributed by atoms with E-state index in [4.69, 9.17) is 0 Å². The van der Waals surface area contributed by atoms with E-state index in [-0.39, 0.29) is 12.5 Å². The molecule has 5 nitrogen and oxygen atoms in total. The molecule has 15 heavy (non-hydrogen) atoms. The summed E-state index contributed by atoms with van der Waals surface area (Å²) >= 11 is 0. The van der Waals surface area contributed by atoms with E-state index < -0.39 is 5.97 Å². The first-order valence-corrected chi connectivity index (χ1v) is 4.47. The number of carbonyl (C=O) groups excluding carboxylic acids is 2. The maximum Gasteiger partial charge on any atom is 0.337 e. The molecule has 0 aliphatic carbocycles. The van der Waals surface area contributed by atoms with Crippen LogP contribution in [0.1, 0.15) is 10.4 Å². The van der Waals surface area contributed by atoms with Gasteiger partial charge in [-0.15, -0.1) is 0 Å². The van der Waals surface area contributed by atoms with Crippen LogP contribution in [0.4, 0.5) is 11.4 Å². The van der Waals surface area contributed by atoms with E-state index in [2.05, 4.69) is 15.4 Å². The van der Waals surface area contributed by atoms with Crippen molar-refractivity contribution in [2.75, 3.05) is 24.3 Å². The van der Waals surface area contributed by atoms with E-state index in [0.29, 0.717) is 11.3 Å². The summed E-state index contributed by atoms with van der Waals surface area (Å²) in [5.41, 5.74) is 1.83. The first-order valence-electron chi connectivity index (χ1n) is 4.47. The highest BCUT2D eigenvalue weighted by molar-refractivity contribution is 6.02. The Hall–Kier alpha value is -2.04. The number of anilines is 2. The van der Waals surface area contributed by atoms with Gasteiger partial charge in [0.2, 0.25) is 5.91 Å². The van der Waals surface area contributed by atoms with Crippen molar-refractivity contribution < 1.29 is 14.3 Å². The molecular formula is C10H10N2O3. The van der Waals surface area contributed by atoms with E-state index in [1.54, 1.807) is 18.2 Å². The normalized spacial score (nSPS) is 13.5. The highest BCUT2D eigenvalue weighted by atomic mass is 16.5. The minimum atomic E-state index is -0.419. The first-order chi connectivity index (χ1) is 7.20. The van der Waals surface area contributed by atoms with Crippen LogP contribution in [-0.4, -0.2) is 25.5 Å². The minimum Gasteiger partial charge on any atom is -0.465 e. The monoisotopic (exact) mass is 206 g/mol. The van der Waals surface area contributed by atoms with E-state index >= 15 is 0 Å². The maximum absolute atomic E-state index is 11.2. The van der Waals surface area contributed by atoms with Gasteiger partial charge < -0.3 is 15.4 Å². The quantitative estimate of drug-likeness (QED) is 0.668. The molecule has 0 saturated heterocycles. The van der Waals surface area contributed by atoms with Crippen LogP contribution in [0.3, 0.4) is 0 Å². The topological polar surface area (TPSA) is 67.4 Å².